The van der Waals surface area contributed by atoms with Gasteiger partial charge in [0.25, 0.3) is 5.69 Å². The molecule has 0 spiro atoms. The van der Waals surface area contributed by atoms with E-state index in [0.29, 0.717) is 11.1 Å². The van der Waals surface area contributed by atoms with Gasteiger partial charge in [0.15, 0.2) is 0 Å². The summed E-state index contributed by atoms with van der Waals surface area (Å²) in [7, 11) is -4.12. The molecular weight excluding hydrogens is 615 g/mol. The first-order valence-corrected chi connectivity index (χ1v) is 15.9. The lowest BCUT2D eigenvalue weighted by Crippen LogP contribution is -2.56. The van der Waals surface area contributed by atoms with E-state index in [9.17, 15) is 28.1 Å². The minimum absolute atomic E-state index is 0.0282. The molecule has 0 aromatic heterocycles. The van der Waals surface area contributed by atoms with Crippen LogP contribution in [0.1, 0.15) is 37.5 Å². The van der Waals surface area contributed by atoms with Crippen molar-refractivity contribution in [2.75, 3.05) is 17.1 Å². The average molecular weight is 650 g/mol. The third kappa shape index (κ3) is 9.16. The van der Waals surface area contributed by atoms with Crippen molar-refractivity contribution in [1.29, 1.82) is 0 Å². The number of anilines is 1. The fraction of sp³-hybridized carbons (Fsp3) is 0.333. The maximum Gasteiger partial charge on any atom is 0.271 e. The summed E-state index contributed by atoms with van der Waals surface area (Å²) >= 11 is 13.0. The summed E-state index contributed by atoms with van der Waals surface area (Å²) in [5.41, 5.74) is 0.511. The van der Waals surface area contributed by atoms with Crippen LogP contribution in [0.15, 0.2) is 66.7 Å². The lowest BCUT2D eigenvalue weighted by atomic mass is 10.0. The van der Waals surface area contributed by atoms with Gasteiger partial charge in [0.1, 0.15) is 12.6 Å². The van der Waals surface area contributed by atoms with E-state index >= 15 is 0 Å². The van der Waals surface area contributed by atoms with E-state index in [1.807, 2.05) is 30.3 Å². The minimum Gasteiger partial charge on any atom is -0.350 e. The summed E-state index contributed by atoms with van der Waals surface area (Å²) in [6.45, 7) is 6.04. The molecule has 0 fully saturated rings. The number of aryl methyl sites for hydroxylation is 1. The predicted molar refractivity (Wildman–Crippen MR) is 169 cm³/mol. The van der Waals surface area contributed by atoms with Crippen LogP contribution in [-0.4, -0.2) is 54.4 Å². The molecule has 1 N–H and O–H groups in total. The number of rotatable bonds is 11. The second-order valence-corrected chi connectivity index (χ2v) is 13.9. The molecule has 230 valence electrons. The number of nitro benzene ring substituents is 1. The van der Waals surface area contributed by atoms with Gasteiger partial charge in [-0.05, 0) is 51.0 Å². The molecule has 2 amide bonds. The number of nitrogens with one attached hydrogen (secondary N) is 1. The lowest BCUT2D eigenvalue weighted by Gasteiger charge is -2.35. The lowest BCUT2D eigenvalue weighted by molar-refractivity contribution is -0.384. The zero-order valence-corrected chi connectivity index (χ0v) is 26.8. The SMILES string of the molecule is Cc1ccc([N+](=O)[O-])cc1N(CC(=O)N(Cc1c(Cl)cccc1Cl)[C@@H](Cc1ccccc1)C(=O)NC(C)(C)C)S(C)(=O)=O. The molecule has 0 saturated heterocycles. The summed E-state index contributed by atoms with van der Waals surface area (Å²) in [5.74, 6) is -1.21. The first-order valence-electron chi connectivity index (χ1n) is 13.3. The van der Waals surface area contributed by atoms with Gasteiger partial charge in [0.2, 0.25) is 21.8 Å². The van der Waals surface area contributed by atoms with Gasteiger partial charge >= 0.3 is 0 Å². The van der Waals surface area contributed by atoms with Gasteiger partial charge < -0.3 is 10.2 Å². The fourth-order valence-electron chi connectivity index (χ4n) is 4.44. The second kappa shape index (κ2) is 13.7. The van der Waals surface area contributed by atoms with E-state index in [0.717, 1.165) is 22.2 Å². The number of amides is 2. The molecule has 0 saturated carbocycles. The molecule has 0 heterocycles. The van der Waals surface area contributed by atoms with Crippen molar-refractivity contribution in [1.82, 2.24) is 10.2 Å². The predicted octanol–water partition coefficient (Wildman–Crippen LogP) is 5.53. The molecule has 3 aromatic rings. The molecule has 13 heteroatoms. The first-order chi connectivity index (χ1) is 20.0. The molecule has 3 aromatic carbocycles. The highest BCUT2D eigenvalue weighted by molar-refractivity contribution is 7.92. The second-order valence-electron chi connectivity index (χ2n) is 11.2. The fourth-order valence-corrected chi connectivity index (χ4v) is 5.85. The Labute approximate surface area is 261 Å². The minimum atomic E-state index is -4.12. The summed E-state index contributed by atoms with van der Waals surface area (Å²) in [5, 5.41) is 14.9. The van der Waals surface area contributed by atoms with E-state index in [2.05, 4.69) is 5.32 Å². The van der Waals surface area contributed by atoms with Crippen molar-refractivity contribution < 1.29 is 22.9 Å². The Hall–Kier alpha value is -3.67. The van der Waals surface area contributed by atoms with Crippen LogP contribution < -0.4 is 9.62 Å². The monoisotopic (exact) mass is 648 g/mol. The smallest absolute Gasteiger partial charge is 0.271 e. The molecule has 43 heavy (non-hydrogen) atoms. The molecule has 1 atom stereocenters. The van der Waals surface area contributed by atoms with Crippen molar-refractivity contribution in [3.8, 4) is 0 Å². The molecule has 0 radical (unpaired) electrons. The van der Waals surface area contributed by atoms with Gasteiger partial charge in [-0.25, -0.2) is 8.42 Å². The first kappa shape index (κ1) is 33.8. The van der Waals surface area contributed by atoms with Gasteiger partial charge in [-0.1, -0.05) is 65.7 Å². The molecule has 0 bridgehead atoms. The summed E-state index contributed by atoms with van der Waals surface area (Å²) < 4.78 is 26.9. The van der Waals surface area contributed by atoms with Gasteiger partial charge in [-0.3, -0.25) is 24.0 Å². The Balaban J connectivity index is 2.17. The zero-order valence-electron chi connectivity index (χ0n) is 24.5. The molecule has 0 aliphatic rings. The number of hydrogen-bond donors (Lipinski definition) is 1. The van der Waals surface area contributed by atoms with Crippen molar-refractivity contribution in [3.05, 3.63) is 104 Å². The Morgan fingerprint density at radius 1 is 1.00 bits per heavy atom. The largest absolute Gasteiger partial charge is 0.350 e. The van der Waals surface area contributed by atoms with Gasteiger partial charge in [0.05, 0.1) is 16.9 Å². The van der Waals surface area contributed by atoms with Crippen LogP contribution in [0.25, 0.3) is 0 Å². The van der Waals surface area contributed by atoms with Crippen LogP contribution in [-0.2, 0) is 32.6 Å². The number of benzene rings is 3. The highest BCUT2D eigenvalue weighted by Gasteiger charge is 2.35. The van der Waals surface area contributed by atoms with Crippen molar-refractivity contribution in [2.24, 2.45) is 0 Å². The van der Waals surface area contributed by atoms with Crippen molar-refractivity contribution in [2.45, 2.75) is 52.2 Å². The Kier molecular flexibility index (Phi) is 10.8. The number of halogens is 2. The number of carbonyl (C=O) groups is 2. The van der Waals surface area contributed by atoms with Crippen molar-refractivity contribution >= 4 is 56.4 Å². The van der Waals surface area contributed by atoms with E-state index in [1.165, 1.54) is 17.0 Å². The normalized spacial score (nSPS) is 12.3. The number of sulfonamides is 1. The standard InChI is InChI=1S/C30H34Cl2N4O6S/c1-20-14-15-22(36(39)40)17-26(20)35(43(5,41)42)19-28(37)34(18-23-24(31)12-9-13-25(23)32)27(29(38)33-30(2,3)4)16-21-10-7-6-8-11-21/h6-15,17,27H,16,18-19H2,1-5H3,(H,33,38)/t27-/m0/s1. The van der Waals surface area contributed by atoms with Crippen LogP contribution in [0.2, 0.25) is 10.0 Å². The van der Waals surface area contributed by atoms with Gasteiger partial charge in [-0.15, -0.1) is 0 Å². The molecule has 0 aliphatic carbocycles. The van der Waals surface area contributed by atoms with E-state index in [-0.39, 0.29) is 34.4 Å². The number of hydrogen-bond acceptors (Lipinski definition) is 6. The van der Waals surface area contributed by atoms with Crippen LogP contribution in [0.3, 0.4) is 0 Å². The molecule has 3 rings (SSSR count). The highest BCUT2D eigenvalue weighted by Crippen LogP contribution is 2.30. The average Bonchev–Trinajstić information content (AvgIpc) is 2.90. The van der Waals surface area contributed by atoms with Crippen LogP contribution in [0.4, 0.5) is 11.4 Å². The third-order valence-electron chi connectivity index (χ3n) is 6.51. The molecule has 10 nitrogen and oxygen atoms in total. The number of carbonyl (C=O) groups excluding carboxylic acids is 2. The maximum atomic E-state index is 14.3. The number of nitro groups is 1. The van der Waals surface area contributed by atoms with Crippen LogP contribution in [0, 0.1) is 17.0 Å². The van der Waals surface area contributed by atoms with Gasteiger partial charge in [-0.2, -0.15) is 0 Å². The third-order valence-corrected chi connectivity index (χ3v) is 8.35. The molecular formula is C30H34Cl2N4O6S. The quantitative estimate of drug-likeness (QED) is 0.215. The summed E-state index contributed by atoms with van der Waals surface area (Å²) in [6, 6.07) is 16.6. The van der Waals surface area contributed by atoms with Crippen molar-refractivity contribution in [3.63, 3.8) is 0 Å². The summed E-state index contributed by atoms with van der Waals surface area (Å²) in [4.78, 5) is 40.2. The van der Waals surface area contributed by atoms with Crippen LogP contribution in [0.5, 0.6) is 0 Å². The Bertz CT molecular complexity index is 1590. The number of nitrogens with zero attached hydrogens (tertiary/aromatic N) is 3. The van der Waals surface area contributed by atoms with E-state index in [4.69, 9.17) is 23.2 Å². The van der Waals surface area contributed by atoms with E-state index < -0.39 is 44.9 Å². The molecule has 0 unspecified atom stereocenters. The van der Waals surface area contributed by atoms with Crippen LogP contribution >= 0.6 is 23.2 Å². The Morgan fingerprint density at radius 3 is 2.14 bits per heavy atom. The Morgan fingerprint density at radius 2 is 1.60 bits per heavy atom. The molecule has 0 aliphatic heterocycles. The van der Waals surface area contributed by atoms with Gasteiger partial charge in [0, 0.05) is 46.2 Å². The van der Waals surface area contributed by atoms with E-state index in [1.54, 1.807) is 45.9 Å². The maximum absolute atomic E-state index is 14.3. The zero-order chi connectivity index (χ0) is 32.1. The number of non-ortho nitro benzene ring substituents is 1. The highest BCUT2D eigenvalue weighted by atomic mass is 35.5. The topological polar surface area (TPSA) is 130 Å². The summed E-state index contributed by atoms with van der Waals surface area (Å²) in [6.07, 6.45) is 1.01.